The van der Waals surface area contributed by atoms with Crippen LogP contribution >= 0.6 is 0 Å². The molecule has 0 fully saturated rings. The van der Waals surface area contributed by atoms with Crippen LogP contribution in [0.3, 0.4) is 0 Å². The minimum Gasteiger partial charge on any atom is -0.313 e. The molecule has 4 nitrogen and oxygen atoms in total. The number of rotatable bonds is 9. The van der Waals surface area contributed by atoms with Gasteiger partial charge in [-0.1, -0.05) is 32.8 Å². The molecule has 1 aromatic rings. The highest BCUT2D eigenvalue weighted by Crippen LogP contribution is 2.16. The molecule has 0 aliphatic rings. The standard InChI is InChI=1S/C14H23FN2O2S/c1-3-5-6-9-17-20(18,19)14-10-12(11-16-4-2)7-8-13(14)15/h7-8,10,16-17H,3-6,9,11H2,1-2H3. The Morgan fingerprint density at radius 1 is 1.20 bits per heavy atom. The second-order valence-electron chi connectivity index (χ2n) is 4.65. The molecule has 0 saturated heterocycles. The number of hydrogen-bond acceptors (Lipinski definition) is 3. The summed E-state index contributed by atoms with van der Waals surface area (Å²) in [5.74, 6) is -0.715. The van der Waals surface area contributed by atoms with Crippen molar-refractivity contribution in [1.82, 2.24) is 10.0 Å². The van der Waals surface area contributed by atoms with E-state index in [2.05, 4.69) is 10.0 Å². The molecule has 0 unspecified atom stereocenters. The molecule has 0 radical (unpaired) electrons. The van der Waals surface area contributed by atoms with Gasteiger partial charge in [0.1, 0.15) is 10.7 Å². The number of benzene rings is 1. The summed E-state index contributed by atoms with van der Waals surface area (Å²) in [6, 6.07) is 4.18. The summed E-state index contributed by atoms with van der Waals surface area (Å²) >= 11 is 0. The third kappa shape index (κ3) is 5.19. The van der Waals surface area contributed by atoms with Gasteiger partial charge in [-0.15, -0.1) is 0 Å². The highest BCUT2D eigenvalue weighted by molar-refractivity contribution is 7.89. The van der Waals surface area contributed by atoms with Crippen LogP contribution in [-0.2, 0) is 16.6 Å². The molecule has 114 valence electrons. The summed E-state index contributed by atoms with van der Waals surface area (Å²) < 4.78 is 40.3. The van der Waals surface area contributed by atoms with E-state index in [-0.39, 0.29) is 4.90 Å². The second kappa shape index (κ2) is 8.34. The Bertz CT molecular complexity index is 518. The molecule has 0 aliphatic carbocycles. The summed E-state index contributed by atoms with van der Waals surface area (Å²) in [5, 5.41) is 3.08. The van der Waals surface area contributed by atoms with E-state index in [1.165, 1.54) is 12.1 Å². The third-order valence-corrected chi connectivity index (χ3v) is 4.41. The maximum absolute atomic E-state index is 13.7. The molecule has 0 heterocycles. The van der Waals surface area contributed by atoms with E-state index in [1.807, 2.05) is 13.8 Å². The molecule has 0 spiro atoms. The van der Waals surface area contributed by atoms with Crippen molar-refractivity contribution in [2.75, 3.05) is 13.1 Å². The molecular formula is C14H23FN2O2S. The number of sulfonamides is 1. The van der Waals surface area contributed by atoms with Gasteiger partial charge in [-0.05, 0) is 30.7 Å². The van der Waals surface area contributed by atoms with Crippen molar-refractivity contribution < 1.29 is 12.8 Å². The van der Waals surface area contributed by atoms with E-state index in [1.54, 1.807) is 6.07 Å². The van der Waals surface area contributed by atoms with Gasteiger partial charge in [0.25, 0.3) is 0 Å². The van der Waals surface area contributed by atoms with E-state index in [4.69, 9.17) is 0 Å². The summed E-state index contributed by atoms with van der Waals surface area (Å²) in [6.45, 7) is 5.63. The zero-order valence-electron chi connectivity index (χ0n) is 12.1. The monoisotopic (exact) mass is 302 g/mol. The molecule has 2 N–H and O–H groups in total. The van der Waals surface area contributed by atoms with Gasteiger partial charge >= 0.3 is 0 Å². The van der Waals surface area contributed by atoms with Crippen LogP contribution in [-0.4, -0.2) is 21.5 Å². The van der Waals surface area contributed by atoms with Gasteiger partial charge in [-0.25, -0.2) is 17.5 Å². The maximum Gasteiger partial charge on any atom is 0.243 e. The predicted molar refractivity (Wildman–Crippen MR) is 78.5 cm³/mol. The van der Waals surface area contributed by atoms with Crippen LogP contribution in [0.1, 0.15) is 38.7 Å². The van der Waals surface area contributed by atoms with Crippen molar-refractivity contribution in [1.29, 1.82) is 0 Å². The molecule has 20 heavy (non-hydrogen) atoms. The molecule has 0 saturated carbocycles. The Labute approximate surface area is 120 Å². The van der Waals surface area contributed by atoms with E-state index in [0.717, 1.165) is 31.4 Å². The van der Waals surface area contributed by atoms with Crippen LogP contribution in [0, 0.1) is 5.82 Å². The normalized spacial score (nSPS) is 11.8. The number of hydrogen-bond donors (Lipinski definition) is 2. The fraction of sp³-hybridized carbons (Fsp3) is 0.571. The van der Waals surface area contributed by atoms with Gasteiger partial charge in [-0.2, -0.15) is 0 Å². The van der Waals surface area contributed by atoms with Crippen LogP contribution in [0.5, 0.6) is 0 Å². The first kappa shape index (κ1) is 17.1. The first-order valence-electron chi connectivity index (χ1n) is 7.00. The van der Waals surface area contributed by atoms with Gasteiger partial charge in [0.15, 0.2) is 0 Å². The molecule has 6 heteroatoms. The quantitative estimate of drug-likeness (QED) is 0.689. The van der Waals surface area contributed by atoms with Gasteiger partial charge in [0, 0.05) is 13.1 Å². The fourth-order valence-corrected chi connectivity index (χ4v) is 2.99. The first-order valence-corrected chi connectivity index (χ1v) is 8.48. The summed E-state index contributed by atoms with van der Waals surface area (Å²) in [7, 11) is -3.77. The zero-order chi connectivity index (χ0) is 15.0. The molecule has 0 aromatic heterocycles. The predicted octanol–water partition coefficient (Wildman–Crippen LogP) is 2.40. The average Bonchev–Trinajstić information content (AvgIpc) is 2.42. The van der Waals surface area contributed by atoms with Crippen molar-refractivity contribution in [3.63, 3.8) is 0 Å². The number of nitrogens with one attached hydrogen (secondary N) is 2. The minimum atomic E-state index is -3.77. The Kier molecular flexibility index (Phi) is 7.12. The van der Waals surface area contributed by atoms with Crippen LogP contribution < -0.4 is 10.0 Å². The van der Waals surface area contributed by atoms with Gasteiger partial charge in [0.2, 0.25) is 10.0 Å². The van der Waals surface area contributed by atoms with E-state index < -0.39 is 15.8 Å². The fourth-order valence-electron chi connectivity index (χ4n) is 1.79. The van der Waals surface area contributed by atoms with E-state index in [0.29, 0.717) is 13.1 Å². The van der Waals surface area contributed by atoms with Crippen LogP contribution in [0.15, 0.2) is 23.1 Å². The Balaban J connectivity index is 2.81. The Hall–Kier alpha value is -0.980. The minimum absolute atomic E-state index is 0.274. The van der Waals surface area contributed by atoms with Crippen molar-refractivity contribution in [3.05, 3.63) is 29.6 Å². The maximum atomic E-state index is 13.7. The second-order valence-corrected chi connectivity index (χ2v) is 6.39. The lowest BCUT2D eigenvalue weighted by atomic mass is 10.2. The van der Waals surface area contributed by atoms with Crippen molar-refractivity contribution in [3.8, 4) is 0 Å². The average molecular weight is 302 g/mol. The van der Waals surface area contributed by atoms with Gasteiger partial charge in [-0.3, -0.25) is 0 Å². The lowest BCUT2D eigenvalue weighted by Crippen LogP contribution is -2.26. The largest absolute Gasteiger partial charge is 0.313 e. The number of unbranched alkanes of at least 4 members (excludes halogenated alkanes) is 2. The Morgan fingerprint density at radius 2 is 1.95 bits per heavy atom. The van der Waals surface area contributed by atoms with Crippen LogP contribution in [0.25, 0.3) is 0 Å². The molecule has 1 aromatic carbocycles. The summed E-state index contributed by atoms with van der Waals surface area (Å²) in [5.41, 5.74) is 0.752. The third-order valence-electron chi connectivity index (χ3n) is 2.94. The SMILES string of the molecule is CCCCCNS(=O)(=O)c1cc(CNCC)ccc1F. The molecular weight excluding hydrogens is 279 g/mol. The number of halogens is 1. The van der Waals surface area contributed by atoms with Gasteiger partial charge in [0.05, 0.1) is 0 Å². The van der Waals surface area contributed by atoms with E-state index >= 15 is 0 Å². The smallest absolute Gasteiger partial charge is 0.243 e. The van der Waals surface area contributed by atoms with Crippen molar-refractivity contribution >= 4 is 10.0 Å². The zero-order valence-corrected chi connectivity index (χ0v) is 12.9. The van der Waals surface area contributed by atoms with Crippen LogP contribution in [0.4, 0.5) is 4.39 Å². The topological polar surface area (TPSA) is 58.2 Å². The molecule has 0 bridgehead atoms. The molecule has 0 amide bonds. The van der Waals surface area contributed by atoms with Crippen molar-refractivity contribution in [2.24, 2.45) is 0 Å². The first-order chi connectivity index (χ1) is 9.51. The molecule has 0 atom stereocenters. The highest BCUT2D eigenvalue weighted by atomic mass is 32.2. The molecule has 0 aliphatic heterocycles. The summed E-state index contributed by atoms with van der Waals surface area (Å²) in [4.78, 5) is -0.274. The highest BCUT2D eigenvalue weighted by Gasteiger charge is 2.18. The Morgan fingerprint density at radius 3 is 2.60 bits per heavy atom. The summed E-state index contributed by atoms with van der Waals surface area (Å²) in [6.07, 6.45) is 2.72. The van der Waals surface area contributed by atoms with Crippen LogP contribution in [0.2, 0.25) is 0 Å². The van der Waals surface area contributed by atoms with Gasteiger partial charge < -0.3 is 5.32 Å². The van der Waals surface area contributed by atoms with E-state index in [9.17, 15) is 12.8 Å². The lowest BCUT2D eigenvalue weighted by molar-refractivity contribution is 0.552. The molecule has 1 rings (SSSR count). The van der Waals surface area contributed by atoms with Crippen molar-refractivity contribution in [2.45, 2.75) is 44.6 Å². The lowest BCUT2D eigenvalue weighted by Gasteiger charge is -2.09.